The maximum atomic E-state index is 12.1. The van der Waals surface area contributed by atoms with E-state index in [2.05, 4.69) is 5.10 Å². The molecule has 0 saturated carbocycles. The highest BCUT2D eigenvalue weighted by Gasteiger charge is 2.09. The summed E-state index contributed by atoms with van der Waals surface area (Å²) in [6.07, 6.45) is 3.51. The summed E-state index contributed by atoms with van der Waals surface area (Å²) in [6.45, 7) is 0. The van der Waals surface area contributed by atoms with Gasteiger partial charge in [0.15, 0.2) is 11.5 Å². The van der Waals surface area contributed by atoms with E-state index in [1.165, 1.54) is 4.68 Å². The average molecular weight is 308 g/mol. The fraction of sp³-hybridized carbons (Fsp3) is 0.111. The van der Waals surface area contributed by atoms with Crippen molar-refractivity contribution in [1.29, 1.82) is 0 Å². The van der Waals surface area contributed by atoms with Crippen LogP contribution in [0.1, 0.15) is 5.56 Å². The first kappa shape index (κ1) is 14.8. The van der Waals surface area contributed by atoms with Gasteiger partial charge in [-0.05, 0) is 28.2 Å². The van der Waals surface area contributed by atoms with Crippen LogP contribution in [0.3, 0.4) is 0 Å². The fourth-order valence-electron chi connectivity index (χ4n) is 2.31. The molecular weight excluding hydrogens is 292 g/mol. The lowest BCUT2D eigenvalue weighted by Gasteiger charge is -2.08. The van der Waals surface area contributed by atoms with Crippen molar-refractivity contribution in [1.82, 2.24) is 0 Å². The number of pyridine rings is 1. The highest BCUT2D eigenvalue weighted by molar-refractivity contribution is 5.90. The molecule has 1 heterocycles. The predicted octanol–water partition coefficient (Wildman–Crippen LogP) is 1.71. The first-order chi connectivity index (χ1) is 11.2. The van der Waals surface area contributed by atoms with Gasteiger partial charge in [0.2, 0.25) is 12.4 Å². The molecule has 0 atom stereocenters. The summed E-state index contributed by atoms with van der Waals surface area (Å²) in [5.41, 5.74) is 0.549. The van der Waals surface area contributed by atoms with Crippen LogP contribution >= 0.6 is 0 Å². The van der Waals surface area contributed by atoms with Gasteiger partial charge in [0.25, 0.3) is 0 Å². The van der Waals surface area contributed by atoms with Crippen molar-refractivity contribution >= 4 is 16.7 Å². The highest BCUT2D eigenvalue weighted by atomic mass is 16.5. The predicted molar refractivity (Wildman–Crippen MR) is 85.6 cm³/mol. The van der Waals surface area contributed by atoms with E-state index in [0.29, 0.717) is 17.1 Å². The second-order valence-electron chi connectivity index (χ2n) is 4.93. The molecule has 0 unspecified atom stereocenters. The number of fused-ring (bicyclic) bond motifs is 1. The Bertz CT molecular complexity index is 861. The minimum Gasteiger partial charge on any atom is -0.854 e. The summed E-state index contributed by atoms with van der Waals surface area (Å²) in [4.78, 5) is 0. The van der Waals surface area contributed by atoms with Crippen LogP contribution in [-0.4, -0.2) is 20.1 Å². The molecular formula is C18H16N2O3. The molecule has 1 aromatic heterocycles. The molecule has 0 N–H and O–H groups in total. The number of nitrogens with zero attached hydrogens (tertiary/aromatic N) is 2. The van der Waals surface area contributed by atoms with Gasteiger partial charge in [0, 0.05) is 6.07 Å². The third kappa shape index (κ3) is 3.08. The molecule has 0 aliphatic rings. The van der Waals surface area contributed by atoms with Crippen LogP contribution in [0.15, 0.2) is 66.0 Å². The van der Waals surface area contributed by atoms with Crippen molar-refractivity contribution < 1.29 is 19.3 Å². The van der Waals surface area contributed by atoms with Crippen molar-refractivity contribution in [2.45, 2.75) is 0 Å². The van der Waals surface area contributed by atoms with Crippen LogP contribution in [-0.2, 0) is 0 Å². The zero-order valence-corrected chi connectivity index (χ0v) is 12.9. The van der Waals surface area contributed by atoms with Crippen LogP contribution in [0.25, 0.3) is 10.8 Å². The Morgan fingerprint density at radius 2 is 1.61 bits per heavy atom. The SMILES string of the molecule is COc1cc2cc[n+](/N=C(\[O-])c3ccccc3)cc2cc1OC. The molecule has 5 heteroatoms. The smallest absolute Gasteiger partial charge is 0.210 e. The number of ether oxygens (including phenoxy) is 2. The van der Waals surface area contributed by atoms with E-state index in [4.69, 9.17) is 9.47 Å². The number of methoxy groups -OCH3 is 2. The number of hydrogen-bond donors (Lipinski definition) is 0. The van der Waals surface area contributed by atoms with Gasteiger partial charge in [-0.2, -0.15) is 0 Å². The molecule has 0 saturated heterocycles. The van der Waals surface area contributed by atoms with Crippen LogP contribution < -0.4 is 19.3 Å². The van der Waals surface area contributed by atoms with Crippen molar-refractivity contribution in [2.24, 2.45) is 5.10 Å². The van der Waals surface area contributed by atoms with E-state index in [-0.39, 0.29) is 5.90 Å². The molecule has 0 bridgehead atoms. The Labute approximate surface area is 134 Å². The molecule has 0 radical (unpaired) electrons. The minimum atomic E-state index is -0.296. The first-order valence-corrected chi connectivity index (χ1v) is 7.09. The van der Waals surface area contributed by atoms with Gasteiger partial charge >= 0.3 is 0 Å². The summed E-state index contributed by atoms with van der Waals surface area (Å²) < 4.78 is 12.1. The number of benzene rings is 2. The van der Waals surface area contributed by atoms with Crippen LogP contribution in [0, 0.1) is 0 Å². The van der Waals surface area contributed by atoms with Crippen LogP contribution in [0.4, 0.5) is 0 Å². The van der Waals surface area contributed by atoms with Crippen LogP contribution in [0.5, 0.6) is 11.5 Å². The standard InChI is InChI=1S/C18H16N2O3/c1-22-16-10-14-8-9-20(12-15(14)11-17(16)23-2)19-18(21)13-6-4-3-5-7-13/h3-12H,1-2H3. The molecule has 0 amide bonds. The summed E-state index contributed by atoms with van der Waals surface area (Å²) in [6, 6.07) is 14.6. The normalized spacial score (nSPS) is 11.5. The summed E-state index contributed by atoms with van der Waals surface area (Å²) in [5.74, 6) is 0.998. The van der Waals surface area contributed by atoms with Gasteiger partial charge in [-0.1, -0.05) is 35.0 Å². The van der Waals surface area contributed by atoms with E-state index >= 15 is 0 Å². The molecule has 0 spiro atoms. The molecule has 3 aromatic rings. The Balaban J connectivity index is 2.03. The zero-order valence-electron chi connectivity index (χ0n) is 12.9. The molecule has 0 aliphatic carbocycles. The lowest BCUT2D eigenvalue weighted by Crippen LogP contribution is -2.33. The van der Waals surface area contributed by atoms with Crippen molar-refractivity contribution in [3.05, 3.63) is 66.5 Å². The van der Waals surface area contributed by atoms with E-state index in [1.54, 1.807) is 38.7 Å². The average Bonchev–Trinajstić information content (AvgIpc) is 2.61. The summed E-state index contributed by atoms with van der Waals surface area (Å²) >= 11 is 0. The van der Waals surface area contributed by atoms with Gasteiger partial charge in [-0.3, -0.25) is 0 Å². The van der Waals surface area contributed by atoms with Gasteiger partial charge in [0.1, 0.15) is 0 Å². The van der Waals surface area contributed by atoms with E-state index in [1.807, 2.05) is 36.4 Å². The largest absolute Gasteiger partial charge is 0.854 e. The molecule has 23 heavy (non-hydrogen) atoms. The fourth-order valence-corrected chi connectivity index (χ4v) is 2.31. The number of hydrogen-bond acceptors (Lipinski definition) is 4. The Hall–Kier alpha value is -3.08. The molecule has 116 valence electrons. The zero-order chi connectivity index (χ0) is 16.2. The van der Waals surface area contributed by atoms with Crippen LogP contribution in [0.2, 0.25) is 0 Å². The minimum absolute atomic E-state index is 0.296. The Kier molecular flexibility index (Phi) is 4.10. The van der Waals surface area contributed by atoms with E-state index in [9.17, 15) is 5.11 Å². The van der Waals surface area contributed by atoms with Crippen molar-refractivity contribution in [2.75, 3.05) is 14.2 Å². The maximum Gasteiger partial charge on any atom is 0.210 e. The number of aromatic nitrogens is 1. The van der Waals surface area contributed by atoms with Gasteiger partial charge in [0.05, 0.1) is 25.5 Å². The second-order valence-corrected chi connectivity index (χ2v) is 4.93. The second kappa shape index (κ2) is 6.36. The van der Waals surface area contributed by atoms with Gasteiger partial charge in [-0.15, -0.1) is 0 Å². The third-order valence-electron chi connectivity index (χ3n) is 3.49. The lowest BCUT2D eigenvalue weighted by molar-refractivity contribution is -0.680. The first-order valence-electron chi connectivity index (χ1n) is 7.09. The van der Waals surface area contributed by atoms with E-state index < -0.39 is 0 Å². The summed E-state index contributed by atoms with van der Waals surface area (Å²) in [7, 11) is 3.19. The Morgan fingerprint density at radius 3 is 2.26 bits per heavy atom. The van der Waals surface area contributed by atoms with Crippen molar-refractivity contribution in [3.63, 3.8) is 0 Å². The lowest BCUT2D eigenvalue weighted by atomic mass is 10.1. The van der Waals surface area contributed by atoms with Crippen molar-refractivity contribution in [3.8, 4) is 11.5 Å². The van der Waals surface area contributed by atoms with Gasteiger partial charge in [-0.25, -0.2) is 0 Å². The summed E-state index contributed by atoms with van der Waals surface area (Å²) in [5, 5.41) is 18.1. The molecule has 3 rings (SSSR count). The third-order valence-corrected chi connectivity index (χ3v) is 3.49. The van der Waals surface area contributed by atoms with Gasteiger partial charge < -0.3 is 14.6 Å². The Morgan fingerprint density at radius 1 is 0.957 bits per heavy atom. The molecule has 0 aliphatic heterocycles. The highest BCUT2D eigenvalue weighted by Crippen LogP contribution is 2.31. The van der Waals surface area contributed by atoms with E-state index in [0.717, 1.165) is 10.8 Å². The molecule has 2 aromatic carbocycles. The number of rotatable bonds is 4. The maximum absolute atomic E-state index is 12.1. The quantitative estimate of drug-likeness (QED) is 0.419. The molecule has 5 nitrogen and oxygen atoms in total. The molecule has 0 fully saturated rings. The monoisotopic (exact) mass is 308 g/mol. The topological polar surface area (TPSA) is 57.8 Å².